The second kappa shape index (κ2) is 5.43. The smallest absolute Gasteiger partial charge is 0.187 e. The van der Waals surface area contributed by atoms with Crippen LogP contribution in [0.5, 0.6) is 0 Å². The summed E-state index contributed by atoms with van der Waals surface area (Å²) in [6, 6.07) is 25.8. The Balaban J connectivity index is 2.05. The highest BCUT2D eigenvalue weighted by atomic mass is 15.1. The van der Waals surface area contributed by atoms with Crippen molar-refractivity contribution in [3.05, 3.63) is 90.3 Å². The van der Waals surface area contributed by atoms with Crippen LogP contribution in [0.1, 0.15) is 0 Å². The number of fused-ring (bicyclic) bond motifs is 1. The van der Waals surface area contributed by atoms with Crippen molar-refractivity contribution in [2.24, 2.45) is 0 Å². The molecule has 0 aliphatic carbocycles. The maximum atomic E-state index is 7.23. The van der Waals surface area contributed by atoms with Gasteiger partial charge >= 0.3 is 0 Å². The van der Waals surface area contributed by atoms with Crippen LogP contribution in [0.2, 0.25) is 0 Å². The fourth-order valence-corrected chi connectivity index (χ4v) is 2.77. The lowest BCUT2D eigenvalue weighted by molar-refractivity contribution is 1.10. The van der Waals surface area contributed by atoms with E-state index in [1.165, 1.54) is 0 Å². The first-order chi connectivity index (χ1) is 11.4. The van der Waals surface area contributed by atoms with Crippen molar-refractivity contribution in [1.29, 1.82) is 0 Å². The standard InChI is InChI=1S/C20H13N3/c1-21-16-9-7-8-15(14-16)20-22-18-12-5-6-13-19(18)23(20)17-10-3-2-4-11-17/h2-14H. The summed E-state index contributed by atoms with van der Waals surface area (Å²) < 4.78 is 2.14. The summed E-state index contributed by atoms with van der Waals surface area (Å²) in [6.07, 6.45) is 0. The maximum absolute atomic E-state index is 7.23. The van der Waals surface area contributed by atoms with Crippen molar-refractivity contribution in [2.75, 3.05) is 0 Å². The zero-order chi connectivity index (χ0) is 15.6. The molecule has 3 aromatic carbocycles. The molecular formula is C20H13N3. The fraction of sp³-hybridized carbons (Fsp3) is 0. The Bertz CT molecular complexity index is 1020. The fourth-order valence-electron chi connectivity index (χ4n) is 2.77. The molecule has 3 nitrogen and oxygen atoms in total. The van der Waals surface area contributed by atoms with Gasteiger partial charge in [0.2, 0.25) is 0 Å². The van der Waals surface area contributed by atoms with E-state index in [0.29, 0.717) is 5.69 Å². The van der Waals surface area contributed by atoms with E-state index in [4.69, 9.17) is 11.6 Å². The van der Waals surface area contributed by atoms with Crippen LogP contribution in [-0.4, -0.2) is 9.55 Å². The van der Waals surface area contributed by atoms with Crippen LogP contribution in [0.3, 0.4) is 0 Å². The van der Waals surface area contributed by atoms with Gasteiger partial charge in [0.05, 0.1) is 17.6 Å². The van der Waals surface area contributed by atoms with Gasteiger partial charge in [0.1, 0.15) is 5.82 Å². The molecule has 0 amide bonds. The Labute approximate surface area is 134 Å². The Kier molecular flexibility index (Phi) is 3.14. The van der Waals surface area contributed by atoms with Crippen molar-refractivity contribution in [1.82, 2.24) is 9.55 Å². The number of hydrogen-bond donors (Lipinski definition) is 0. The third kappa shape index (κ3) is 2.27. The Morgan fingerprint density at radius 2 is 1.61 bits per heavy atom. The molecule has 4 aromatic rings. The lowest BCUT2D eigenvalue weighted by Crippen LogP contribution is -1.96. The molecule has 108 valence electrons. The molecule has 0 saturated heterocycles. The van der Waals surface area contributed by atoms with E-state index in [9.17, 15) is 0 Å². The van der Waals surface area contributed by atoms with Crippen LogP contribution >= 0.6 is 0 Å². The largest absolute Gasteiger partial charge is 0.292 e. The van der Waals surface area contributed by atoms with Gasteiger partial charge in [-0.05, 0) is 30.3 Å². The van der Waals surface area contributed by atoms with Crippen LogP contribution in [0.25, 0.3) is 33.0 Å². The van der Waals surface area contributed by atoms with Crippen LogP contribution < -0.4 is 0 Å². The van der Waals surface area contributed by atoms with Gasteiger partial charge in [-0.2, -0.15) is 0 Å². The third-order valence-electron chi connectivity index (χ3n) is 3.81. The highest BCUT2D eigenvalue weighted by Gasteiger charge is 2.13. The monoisotopic (exact) mass is 295 g/mol. The normalized spacial score (nSPS) is 10.6. The molecule has 0 aliphatic heterocycles. The van der Waals surface area contributed by atoms with E-state index in [0.717, 1.165) is 28.1 Å². The van der Waals surface area contributed by atoms with E-state index in [-0.39, 0.29) is 0 Å². The molecule has 0 atom stereocenters. The van der Waals surface area contributed by atoms with Crippen molar-refractivity contribution < 1.29 is 0 Å². The number of imidazole rings is 1. The second-order valence-corrected chi connectivity index (χ2v) is 5.26. The minimum atomic E-state index is 0.620. The average molecular weight is 295 g/mol. The summed E-state index contributed by atoms with van der Waals surface area (Å²) in [4.78, 5) is 8.32. The van der Waals surface area contributed by atoms with Gasteiger partial charge in [-0.3, -0.25) is 4.57 Å². The SMILES string of the molecule is [C-]#[N+]c1cccc(-c2nc3ccccc3n2-c2ccccc2)c1. The molecular weight excluding hydrogens is 282 g/mol. The quantitative estimate of drug-likeness (QED) is 0.463. The van der Waals surface area contributed by atoms with Crippen molar-refractivity contribution in [3.8, 4) is 17.1 Å². The van der Waals surface area contributed by atoms with E-state index in [2.05, 4.69) is 27.6 Å². The number of hydrogen-bond acceptors (Lipinski definition) is 1. The van der Waals surface area contributed by atoms with Crippen molar-refractivity contribution >= 4 is 16.7 Å². The third-order valence-corrected chi connectivity index (χ3v) is 3.81. The number of aromatic nitrogens is 2. The topological polar surface area (TPSA) is 22.2 Å². The maximum Gasteiger partial charge on any atom is 0.187 e. The lowest BCUT2D eigenvalue weighted by atomic mass is 10.2. The van der Waals surface area contributed by atoms with Crippen LogP contribution in [0, 0.1) is 6.57 Å². The number of para-hydroxylation sites is 3. The zero-order valence-electron chi connectivity index (χ0n) is 12.3. The Morgan fingerprint density at radius 1 is 0.826 bits per heavy atom. The van der Waals surface area contributed by atoms with E-state index in [1.54, 1.807) is 0 Å². The van der Waals surface area contributed by atoms with Crippen LogP contribution in [0.15, 0.2) is 78.9 Å². The summed E-state index contributed by atoms with van der Waals surface area (Å²) in [7, 11) is 0. The molecule has 0 fully saturated rings. The van der Waals surface area contributed by atoms with E-state index >= 15 is 0 Å². The first kappa shape index (κ1) is 13.3. The molecule has 23 heavy (non-hydrogen) atoms. The molecule has 1 heterocycles. The molecule has 0 bridgehead atoms. The zero-order valence-corrected chi connectivity index (χ0v) is 12.3. The van der Waals surface area contributed by atoms with Gasteiger partial charge in [-0.15, -0.1) is 0 Å². The predicted octanol–water partition coefficient (Wildman–Crippen LogP) is 5.24. The van der Waals surface area contributed by atoms with Crippen molar-refractivity contribution in [2.45, 2.75) is 0 Å². The highest BCUT2D eigenvalue weighted by Crippen LogP contribution is 2.30. The van der Waals surface area contributed by atoms with E-state index < -0.39 is 0 Å². The number of benzene rings is 3. The number of rotatable bonds is 2. The molecule has 0 aliphatic rings. The summed E-state index contributed by atoms with van der Waals surface area (Å²) >= 11 is 0. The molecule has 0 spiro atoms. The van der Waals surface area contributed by atoms with Gasteiger partial charge in [0, 0.05) is 11.3 Å². The second-order valence-electron chi connectivity index (χ2n) is 5.26. The van der Waals surface area contributed by atoms with Gasteiger partial charge < -0.3 is 0 Å². The van der Waals surface area contributed by atoms with Crippen LogP contribution in [-0.2, 0) is 0 Å². The van der Waals surface area contributed by atoms with Gasteiger partial charge in [-0.1, -0.05) is 48.5 Å². The molecule has 0 saturated carbocycles. The van der Waals surface area contributed by atoms with E-state index in [1.807, 2.05) is 60.7 Å². The molecule has 0 radical (unpaired) electrons. The van der Waals surface area contributed by atoms with Gasteiger partial charge in [0.25, 0.3) is 0 Å². The summed E-state index contributed by atoms with van der Waals surface area (Å²) in [6.45, 7) is 7.23. The lowest BCUT2D eigenvalue weighted by Gasteiger charge is -2.09. The molecule has 0 unspecified atom stereocenters. The molecule has 3 heteroatoms. The van der Waals surface area contributed by atoms with Gasteiger partial charge in [-0.25, -0.2) is 9.83 Å². The molecule has 1 aromatic heterocycles. The summed E-state index contributed by atoms with van der Waals surface area (Å²) in [5, 5.41) is 0. The number of nitrogens with zero attached hydrogens (tertiary/aromatic N) is 3. The average Bonchev–Trinajstić information content (AvgIpc) is 3.02. The Morgan fingerprint density at radius 3 is 2.43 bits per heavy atom. The first-order valence-corrected chi connectivity index (χ1v) is 7.37. The summed E-state index contributed by atoms with van der Waals surface area (Å²) in [5.74, 6) is 0.850. The summed E-state index contributed by atoms with van der Waals surface area (Å²) in [5.41, 5.74) is 4.62. The predicted molar refractivity (Wildman–Crippen MR) is 92.8 cm³/mol. The van der Waals surface area contributed by atoms with Crippen molar-refractivity contribution in [3.63, 3.8) is 0 Å². The highest BCUT2D eigenvalue weighted by molar-refractivity contribution is 5.83. The minimum Gasteiger partial charge on any atom is -0.292 e. The molecule has 4 rings (SSSR count). The molecule has 0 N–H and O–H groups in total. The first-order valence-electron chi connectivity index (χ1n) is 7.37. The Hall–Kier alpha value is -3.38. The minimum absolute atomic E-state index is 0.620. The van der Waals surface area contributed by atoms with Gasteiger partial charge in [0.15, 0.2) is 5.69 Å². The van der Waals surface area contributed by atoms with Crippen LogP contribution in [0.4, 0.5) is 5.69 Å².